The van der Waals surface area contributed by atoms with Gasteiger partial charge in [0.2, 0.25) is 5.91 Å². The van der Waals surface area contributed by atoms with Gasteiger partial charge in [-0.3, -0.25) is 4.79 Å². The smallest absolute Gasteiger partial charge is 0.227 e. The monoisotopic (exact) mass is 424 g/mol. The first-order valence-corrected chi connectivity index (χ1v) is 10.5. The third-order valence-corrected chi connectivity index (χ3v) is 5.67. The second-order valence-corrected chi connectivity index (χ2v) is 8.23. The van der Waals surface area contributed by atoms with Gasteiger partial charge in [0, 0.05) is 17.6 Å². The van der Waals surface area contributed by atoms with Gasteiger partial charge in [-0.2, -0.15) is 0 Å². The van der Waals surface area contributed by atoms with Gasteiger partial charge in [-0.05, 0) is 62.1 Å². The van der Waals surface area contributed by atoms with Crippen LogP contribution in [-0.2, 0) is 24.4 Å². The number of ether oxygens (including phenoxy) is 1. The van der Waals surface area contributed by atoms with Gasteiger partial charge < -0.3 is 14.2 Å². The van der Waals surface area contributed by atoms with Crippen LogP contribution in [0.5, 0.6) is 5.75 Å². The van der Waals surface area contributed by atoms with Crippen molar-refractivity contribution in [3.05, 3.63) is 81.7 Å². The van der Waals surface area contributed by atoms with E-state index in [4.69, 9.17) is 20.9 Å². The maximum absolute atomic E-state index is 13.0. The summed E-state index contributed by atoms with van der Waals surface area (Å²) in [6.45, 7) is 4.82. The Kier molecular flexibility index (Phi) is 6.09. The number of halogens is 1. The van der Waals surface area contributed by atoms with E-state index < -0.39 is 0 Å². The lowest BCUT2D eigenvalue weighted by Crippen LogP contribution is -2.33. The molecule has 1 fully saturated rings. The molecule has 3 aromatic rings. The Labute approximate surface area is 181 Å². The normalized spacial score (nSPS) is 13.3. The Hall–Kier alpha value is -2.79. The first kappa shape index (κ1) is 20.5. The maximum atomic E-state index is 13.0. The summed E-state index contributed by atoms with van der Waals surface area (Å²) in [5, 5.41) is 4.65. The van der Waals surface area contributed by atoms with Gasteiger partial charge in [0.1, 0.15) is 18.1 Å². The van der Waals surface area contributed by atoms with Crippen LogP contribution >= 0.6 is 11.6 Å². The van der Waals surface area contributed by atoms with Gasteiger partial charge in [0.25, 0.3) is 0 Å². The molecule has 0 radical (unpaired) electrons. The number of hydrogen-bond donors (Lipinski definition) is 0. The highest BCUT2D eigenvalue weighted by molar-refractivity contribution is 6.30. The molecule has 1 amide bonds. The average molecular weight is 425 g/mol. The first-order valence-electron chi connectivity index (χ1n) is 10.2. The molecule has 2 aromatic carbocycles. The number of nitrogens with zero attached hydrogens (tertiary/aromatic N) is 2. The van der Waals surface area contributed by atoms with Crippen molar-refractivity contribution in [1.82, 2.24) is 10.1 Å². The Balaban J connectivity index is 1.35. The van der Waals surface area contributed by atoms with Crippen LogP contribution in [-0.4, -0.2) is 22.0 Å². The molecule has 1 saturated carbocycles. The molecule has 4 rings (SSSR count). The lowest BCUT2D eigenvalue weighted by atomic mass is 10.1. The largest absolute Gasteiger partial charge is 0.489 e. The van der Waals surface area contributed by atoms with Crippen LogP contribution in [0.25, 0.3) is 0 Å². The van der Waals surface area contributed by atoms with Crippen LogP contribution in [0.4, 0.5) is 0 Å². The number of aryl methyl sites for hydroxylation is 2. The number of amides is 1. The molecule has 0 unspecified atom stereocenters. The molecular weight excluding hydrogens is 400 g/mol. The van der Waals surface area contributed by atoms with Crippen molar-refractivity contribution in [1.29, 1.82) is 0 Å². The molecule has 0 bridgehead atoms. The van der Waals surface area contributed by atoms with E-state index in [2.05, 4.69) is 5.16 Å². The molecule has 1 aromatic heterocycles. The van der Waals surface area contributed by atoms with E-state index in [-0.39, 0.29) is 5.91 Å². The van der Waals surface area contributed by atoms with Crippen LogP contribution in [0.2, 0.25) is 5.02 Å². The lowest BCUT2D eigenvalue weighted by Gasteiger charge is -2.23. The van der Waals surface area contributed by atoms with Crippen molar-refractivity contribution in [2.75, 3.05) is 0 Å². The number of carbonyl (C=O) groups excluding carboxylic acids is 1. The quantitative estimate of drug-likeness (QED) is 0.495. The molecule has 0 spiro atoms. The van der Waals surface area contributed by atoms with Gasteiger partial charge >= 0.3 is 0 Å². The Morgan fingerprint density at radius 2 is 1.77 bits per heavy atom. The molecule has 0 aliphatic heterocycles. The molecule has 156 valence electrons. The van der Waals surface area contributed by atoms with E-state index in [1.165, 1.54) is 0 Å². The fourth-order valence-corrected chi connectivity index (χ4v) is 3.56. The molecule has 1 aliphatic rings. The number of rotatable bonds is 8. The van der Waals surface area contributed by atoms with Crippen molar-refractivity contribution in [3.8, 4) is 5.75 Å². The number of hydrogen-bond acceptors (Lipinski definition) is 4. The second kappa shape index (κ2) is 8.92. The second-order valence-electron chi connectivity index (χ2n) is 7.79. The van der Waals surface area contributed by atoms with Crippen molar-refractivity contribution < 1.29 is 14.1 Å². The average Bonchev–Trinajstić information content (AvgIpc) is 3.53. The highest BCUT2D eigenvalue weighted by Crippen LogP contribution is 2.29. The molecule has 30 heavy (non-hydrogen) atoms. The van der Waals surface area contributed by atoms with Crippen molar-refractivity contribution in [2.45, 2.75) is 52.3 Å². The van der Waals surface area contributed by atoms with E-state index in [0.29, 0.717) is 30.6 Å². The molecule has 5 nitrogen and oxygen atoms in total. The van der Waals surface area contributed by atoms with Crippen LogP contribution in [0.1, 0.15) is 41.0 Å². The predicted octanol–water partition coefficient (Wildman–Crippen LogP) is 5.26. The summed E-state index contributed by atoms with van der Waals surface area (Å²) in [6.07, 6.45) is 2.54. The molecular formula is C24H25ClN2O3. The summed E-state index contributed by atoms with van der Waals surface area (Å²) in [5.41, 5.74) is 3.89. The van der Waals surface area contributed by atoms with Gasteiger partial charge in [0.05, 0.1) is 17.7 Å². The molecule has 6 heteroatoms. The maximum Gasteiger partial charge on any atom is 0.227 e. The molecule has 0 atom stereocenters. The molecule has 0 N–H and O–H groups in total. The van der Waals surface area contributed by atoms with E-state index in [1.54, 1.807) is 0 Å². The Bertz CT molecular complexity index is 988. The third kappa shape index (κ3) is 5.03. The van der Waals surface area contributed by atoms with E-state index >= 15 is 0 Å². The van der Waals surface area contributed by atoms with Crippen LogP contribution in [0.15, 0.2) is 53.1 Å². The van der Waals surface area contributed by atoms with E-state index in [1.807, 2.05) is 67.3 Å². The zero-order chi connectivity index (χ0) is 21.1. The predicted molar refractivity (Wildman–Crippen MR) is 115 cm³/mol. The molecule has 0 saturated heterocycles. The highest BCUT2D eigenvalue weighted by Gasteiger charge is 2.32. The standard InChI is InChI=1S/C24H25ClN2O3/c1-16-23(17(2)30-26-16)15-29-22-11-5-18(6-12-22)13-24(28)27(21-9-10-21)14-19-3-7-20(25)8-4-19/h3-8,11-12,21H,9-10,13-15H2,1-2H3. The zero-order valence-corrected chi connectivity index (χ0v) is 18.0. The minimum absolute atomic E-state index is 0.150. The Morgan fingerprint density at radius 3 is 2.37 bits per heavy atom. The topological polar surface area (TPSA) is 55.6 Å². The summed E-state index contributed by atoms with van der Waals surface area (Å²) < 4.78 is 11.0. The highest BCUT2D eigenvalue weighted by atomic mass is 35.5. The van der Waals surface area contributed by atoms with Crippen LogP contribution in [0.3, 0.4) is 0 Å². The van der Waals surface area contributed by atoms with Crippen molar-refractivity contribution in [3.63, 3.8) is 0 Å². The fourth-order valence-electron chi connectivity index (χ4n) is 3.44. The fraction of sp³-hybridized carbons (Fsp3) is 0.333. The van der Waals surface area contributed by atoms with Crippen LogP contribution < -0.4 is 4.74 Å². The minimum atomic E-state index is 0.150. The summed E-state index contributed by atoms with van der Waals surface area (Å²) in [4.78, 5) is 14.9. The first-order chi connectivity index (χ1) is 14.5. The summed E-state index contributed by atoms with van der Waals surface area (Å²) >= 11 is 5.97. The van der Waals surface area contributed by atoms with Gasteiger partial charge in [-0.25, -0.2) is 0 Å². The third-order valence-electron chi connectivity index (χ3n) is 5.42. The van der Waals surface area contributed by atoms with Crippen molar-refractivity contribution >= 4 is 17.5 Å². The number of aromatic nitrogens is 1. The SMILES string of the molecule is Cc1noc(C)c1COc1ccc(CC(=O)N(Cc2ccc(Cl)cc2)C2CC2)cc1. The van der Waals surface area contributed by atoms with Gasteiger partial charge in [-0.1, -0.05) is 41.0 Å². The van der Waals surface area contributed by atoms with Crippen molar-refractivity contribution in [2.24, 2.45) is 0 Å². The van der Waals surface area contributed by atoms with E-state index in [0.717, 1.165) is 46.7 Å². The zero-order valence-electron chi connectivity index (χ0n) is 17.2. The summed E-state index contributed by atoms with van der Waals surface area (Å²) in [5.74, 6) is 1.68. The Morgan fingerprint density at radius 1 is 1.10 bits per heavy atom. The molecule has 1 heterocycles. The molecule has 1 aliphatic carbocycles. The minimum Gasteiger partial charge on any atom is -0.489 e. The number of benzene rings is 2. The van der Waals surface area contributed by atoms with Gasteiger partial charge in [0.15, 0.2) is 0 Å². The number of carbonyl (C=O) groups is 1. The van der Waals surface area contributed by atoms with Crippen LogP contribution in [0, 0.1) is 13.8 Å². The lowest BCUT2D eigenvalue weighted by molar-refractivity contribution is -0.131. The summed E-state index contributed by atoms with van der Waals surface area (Å²) in [7, 11) is 0. The van der Waals surface area contributed by atoms with Gasteiger partial charge in [-0.15, -0.1) is 0 Å². The van der Waals surface area contributed by atoms with E-state index in [9.17, 15) is 4.79 Å². The summed E-state index contributed by atoms with van der Waals surface area (Å²) in [6, 6.07) is 15.8.